The Morgan fingerprint density at radius 1 is 0.750 bits per heavy atom. The van der Waals surface area contributed by atoms with Crippen molar-refractivity contribution in [3.63, 3.8) is 0 Å². The summed E-state index contributed by atoms with van der Waals surface area (Å²) < 4.78 is 49.3. The van der Waals surface area contributed by atoms with Crippen molar-refractivity contribution in [1.29, 1.82) is 0 Å². The number of methoxy groups -OCH3 is 2. The predicted octanol–water partition coefficient (Wildman–Crippen LogP) is 7.73. The lowest BCUT2D eigenvalue weighted by atomic mass is 10.1. The van der Waals surface area contributed by atoms with Gasteiger partial charge in [0, 0.05) is 19.2 Å². The van der Waals surface area contributed by atoms with Gasteiger partial charge in [0.05, 0.1) is 19.5 Å². The molecule has 4 rings (SSSR count). The summed E-state index contributed by atoms with van der Waals surface area (Å²) in [5.74, 6) is 1.45. The van der Waals surface area contributed by atoms with Gasteiger partial charge in [-0.2, -0.15) is 4.31 Å². The number of benzene rings is 4. The molecule has 0 saturated heterocycles. The number of allylic oxidation sites excluding steroid dienone is 1. The fourth-order valence-electron chi connectivity index (χ4n) is 6.42. The van der Waals surface area contributed by atoms with E-state index in [0.29, 0.717) is 19.3 Å². The zero-order valence-corrected chi connectivity index (χ0v) is 31.1. The molecule has 0 aliphatic heterocycles. The van der Waals surface area contributed by atoms with E-state index in [2.05, 4.69) is 75.9 Å². The molecule has 0 unspecified atom stereocenters. The lowest BCUT2D eigenvalue weighted by Crippen LogP contribution is -2.67. The second kappa shape index (κ2) is 16.6. The molecule has 0 aliphatic rings. The van der Waals surface area contributed by atoms with Crippen LogP contribution in [0.2, 0.25) is 5.04 Å². The van der Waals surface area contributed by atoms with Gasteiger partial charge in [0.25, 0.3) is 8.32 Å². The summed E-state index contributed by atoms with van der Waals surface area (Å²) in [6.07, 6.45) is 2.83. The highest BCUT2D eigenvalue weighted by molar-refractivity contribution is 7.89. The van der Waals surface area contributed by atoms with Gasteiger partial charge in [0.15, 0.2) is 0 Å². The van der Waals surface area contributed by atoms with Gasteiger partial charge in [-0.3, -0.25) is 0 Å². The molecule has 0 spiro atoms. The quantitative estimate of drug-likeness (QED) is 0.0841. The number of hydrogen-bond acceptors (Lipinski definition) is 5. The fraction of sp³-hybridized carbons (Fsp3) is 0.350. The SMILES string of the molecule is C=CCC[C@@H](C[C@H](C)O[Si](c1ccccc1)(c1ccccc1)C(C)(C)C)S(=O)(=O)N(Cc1ccc(OC)cc1)Cc1ccc(OC)cc1. The molecule has 0 aliphatic carbocycles. The summed E-state index contributed by atoms with van der Waals surface area (Å²) in [6, 6.07) is 36.1. The molecule has 0 heterocycles. The number of hydrogen-bond donors (Lipinski definition) is 0. The second-order valence-electron chi connectivity index (χ2n) is 13.3. The molecule has 0 radical (unpaired) electrons. The van der Waals surface area contributed by atoms with Gasteiger partial charge in [0.1, 0.15) is 11.5 Å². The number of nitrogens with zero attached hydrogens (tertiary/aromatic N) is 1. The van der Waals surface area contributed by atoms with Crippen LogP contribution in [0.15, 0.2) is 122 Å². The molecule has 6 nitrogen and oxygen atoms in total. The summed E-state index contributed by atoms with van der Waals surface area (Å²) >= 11 is 0. The van der Waals surface area contributed by atoms with E-state index in [1.165, 1.54) is 10.4 Å². The van der Waals surface area contributed by atoms with Crippen LogP contribution in [0.5, 0.6) is 11.5 Å². The van der Waals surface area contributed by atoms with Crippen molar-refractivity contribution in [2.45, 2.75) is 76.4 Å². The van der Waals surface area contributed by atoms with Gasteiger partial charge in [-0.1, -0.05) is 112 Å². The Kier molecular flexibility index (Phi) is 12.9. The van der Waals surface area contributed by atoms with E-state index in [0.717, 1.165) is 22.6 Å². The van der Waals surface area contributed by atoms with Crippen molar-refractivity contribution in [2.24, 2.45) is 0 Å². The van der Waals surface area contributed by atoms with E-state index in [-0.39, 0.29) is 24.2 Å². The molecule has 0 aromatic heterocycles. The van der Waals surface area contributed by atoms with E-state index >= 15 is 0 Å². The molecule has 0 bridgehead atoms. The summed E-state index contributed by atoms with van der Waals surface area (Å²) in [6.45, 7) is 13.1. The number of rotatable bonds is 17. The lowest BCUT2D eigenvalue weighted by Gasteiger charge is -2.45. The highest BCUT2D eigenvalue weighted by Crippen LogP contribution is 2.38. The van der Waals surface area contributed by atoms with Crippen LogP contribution in [-0.2, 0) is 27.5 Å². The van der Waals surface area contributed by atoms with Crippen LogP contribution in [0.3, 0.4) is 0 Å². The van der Waals surface area contributed by atoms with Crippen LogP contribution >= 0.6 is 0 Å². The first kappa shape index (κ1) is 37.1. The molecule has 48 heavy (non-hydrogen) atoms. The summed E-state index contributed by atoms with van der Waals surface area (Å²) in [5.41, 5.74) is 1.76. The first-order chi connectivity index (χ1) is 22.9. The highest BCUT2D eigenvalue weighted by Gasteiger charge is 2.51. The minimum atomic E-state index is -3.82. The van der Waals surface area contributed by atoms with Crippen molar-refractivity contribution in [1.82, 2.24) is 4.31 Å². The minimum absolute atomic E-state index is 0.228. The number of sulfonamides is 1. The Labute approximate surface area is 289 Å². The zero-order valence-electron chi connectivity index (χ0n) is 29.3. The molecule has 4 aromatic rings. The Bertz CT molecular complexity index is 1580. The predicted molar refractivity (Wildman–Crippen MR) is 200 cm³/mol. The van der Waals surface area contributed by atoms with Gasteiger partial charge in [-0.05, 0) is 77.0 Å². The highest BCUT2D eigenvalue weighted by atomic mass is 32.2. The molecular formula is C40H51NO5SSi. The third-order valence-corrected chi connectivity index (χ3v) is 16.3. The van der Waals surface area contributed by atoms with Crippen molar-refractivity contribution in [3.8, 4) is 11.5 Å². The molecule has 2 atom stereocenters. The summed E-state index contributed by atoms with van der Waals surface area (Å²) in [5, 5.41) is 1.43. The third-order valence-electron chi connectivity index (χ3n) is 8.90. The van der Waals surface area contributed by atoms with Gasteiger partial charge in [0.2, 0.25) is 10.0 Å². The Hall–Kier alpha value is -3.69. The van der Waals surface area contributed by atoms with Crippen LogP contribution in [-0.4, -0.2) is 46.6 Å². The van der Waals surface area contributed by atoms with Crippen LogP contribution in [0.4, 0.5) is 0 Å². The second-order valence-corrected chi connectivity index (χ2v) is 19.8. The maximum Gasteiger partial charge on any atom is 0.261 e. The molecule has 4 aromatic carbocycles. The molecule has 256 valence electrons. The molecular weight excluding hydrogens is 635 g/mol. The molecule has 0 saturated carbocycles. The third kappa shape index (κ3) is 8.85. The Morgan fingerprint density at radius 2 is 1.19 bits per heavy atom. The van der Waals surface area contributed by atoms with E-state index in [4.69, 9.17) is 13.9 Å². The normalized spacial score (nSPS) is 13.6. The Morgan fingerprint density at radius 3 is 1.56 bits per heavy atom. The molecule has 8 heteroatoms. The van der Waals surface area contributed by atoms with Crippen LogP contribution < -0.4 is 19.8 Å². The maximum absolute atomic E-state index is 14.8. The molecule has 0 fully saturated rings. The Balaban J connectivity index is 1.72. The molecule has 0 amide bonds. The molecule has 0 N–H and O–H groups in total. The largest absolute Gasteiger partial charge is 0.497 e. The summed E-state index contributed by atoms with van der Waals surface area (Å²) in [4.78, 5) is 0. The first-order valence-corrected chi connectivity index (χ1v) is 20.0. The first-order valence-electron chi connectivity index (χ1n) is 16.6. The van der Waals surface area contributed by atoms with Crippen molar-refractivity contribution < 1.29 is 22.3 Å². The average molecular weight is 686 g/mol. The summed E-state index contributed by atoms with van der Waals surface area (Å²) in [7, 11) is -3.47. The van der Waals surface area contributed by atoms with E-state index < -0.39 is 23.6 Å². The number of ether oxygens (including phenoxy) is 2. The van der Waals surface area contributed by atoms with E-state index in [1.54, 1.807) is 24.6 Å². The fourth-order valence-corrected chi connectivity index (χ4v) is 13.2. The smallest absolute Gasteiger partial charge is 0.261 e. The van der Waals surface area contributed by atoms with Crippen LogP contribution in [0, 0.1) is 0 Å². The lowest BCUT2D eigenvalue weighted by molar-refractivity contribution is 0.192. The standard InChI is InChI=1S/C40H51NO5SSi/c1-8-9-16-37(29-32(2)46-48(40(3,4)5,38-17-12-10-13-18-38)39-19-14-11-15-20-39)47(42,43)41(30-33-21-25-35(44-6)26-22-33)31-34-23-27-36(45-7)28-24-34/h8,10-15,17-28,32,37H,1,9,16,29-31H2,2-7H3/t32-,37-/m0/s1. The van der Waals surface area contributed by atoms with Gasteiger partial charge < -0.3 is 13.9 Å². The van der Waals surface area contributed by atoms with Crippen molar-refractivity contribution >= 4 is 28.7 Å². The maximum atomic E-state index is 14.8. The van der Waals surface area contributed by atoms with Gasteiger partial charge in [-0.25, -0.2) is 8.42 Å². The van der Waals surface area contributed by atoms with Gasteiger partial charge >= 0.3 is 0 Å². The van der Waals surface area contributed by atoms with Crippen LogP contribution in [0.25, 0.3) is 0 Å². The van der Waals surface area contributed by atoms with Gasteiger partial charge in [-0.15, -0.1) is 6.58 Å². The van der Waals surface area contributed by atoms with Crippen LogP contribution in [0.1, 0.15) is 58.1 Å². The zero-order chi connectivity index (χ0) is 34.8. The topological polar surface area (TPSA) is 65.1 Å². The monoisotopic (exact) mass is 685 g/mol. The van der Waals surface area contributed by atoms with Crippen molar-refractivity contribution in [2.75, 3.05) is 14.2 Å². The average Bonchev–Trinajstić information content (AvgIpc) is 3.09. The minimum Gasteiger partial charge on any atom is -0.497 e. The van der Waals surface area contributed by atoms with E-state index in [9.17, 15) is 8.42 Å². The van der Waals surface area contributed by atoms with E-state index in [1.807, 2.05) is 67.6 Å². The van der Waals surface area contributed by atoms with Crippen molar-refractivity contribution in [3.05, 3.63) is 133 Å².